The molecule has 0 atom stereocenters. The molecule has 1 saturated carbocycles. The number of nitrogens with zero attached hydrogens (tertiary/aromatic N) is 10. The highest BCUT2D eigenvalue weighted by Gasteiger charge is 2.30. The van der Waals surface area contributed by atoms with Crippen LogP contribution in [0.2, 0.25) is 0 Å². The Kier molecular flexibility index (Phi) is 88.3. The third-order valence-corrected chi connectivity index (χ3v) is 17.8. The number of aromatic nitrogens is 9. The predicted molar refractivity (Wildman–Crippen MR) is 470 cm³/mol. The highest BCUT2D eigenvalue weighted by molar-refractivity contribution is 7.91. The summed E-state index contributed by atoms with van der Waals surface area (Å²) in [5, 5.41) is 39.6. The van der Waals surface area contributed by atoms with Gasteiger partial charge in [0.15, 0.2) is 0 Å². The number of Topliss-reactive ketones (excluding diaryl/α,β-unsaturated/α-hetero) is 5. The highest BCUT2D eigenvalue weighted by atomic mass is 32.2. The number of halogens is 2. The maximum Gasteiger partial charge on any atom is 0.308 e. The van der Waals surface area contributed by atoms with Gasteiger partial charge in [-0.1, -0.05) is 228 Å². The Hall–Kier alpha value is -7.35. The fourth-order valence-electron chi connectivity index (χ4n) is 5.55. The molecule has 0 unspecified atom stereocenters. The minimum atomic E-state index is -2.80. The number of esters is 1. The van der Waals surface area contributed by atoms with Crippen LogP contribution in [0.5, 0.6) is 0 Å². The van der Waals surface area contributed by atoms with Crippen LogP contribution in [0, 0.1) is 73.0 Å². The standard InChI is InChI=1S/C7H12O.C7H14O.C6H10N2O.C6H10N2S.C6H9NO.C6H13NO.C6H12O.C5H8F2O.C5H8N2O.C5H8N2S.C5H11NO.C5H10O2.C5H10O.C4H9NO.C4H10O2S.2CH4/c1-5(2)7(8)6-3-4-6;1-4-5-7(8)6(2)3;2*1-4(2)6-8-7-5(3)9-6;1-5(2)6-3-4-8-7-6;1-5(2)6(8)7(3)4;1-4-6(7)5(2)3;1-3(2)4(8)5(6)7;2*1-4(2)5-7-6-3-8-5;1-4(2)5(7)6-3;1-4(2)5(6)7-3;1-4(2)5(3)6;1-3(2)4(5)6;1-4(2)7(3,5)6;;/h5-6H,3-4H2,1-2H3;6H,4-5H2,1-3H3;2*4H,1-3H3;3-5H,1-2H3;5H,1-4H3;5H,4H2,1-3H3;3,5H,1-2H3;2*3-4H,1-2H3;4H,1-3H3,(H,6,7);4H,1-3H3;4H,1-3H3;3H,1-2H3,(H2,5,6);4H,1-3H3;2*1H4. The van der Waals surface area contributed by atoms with Crippen molar-refractivity contribution in [3.05, 3.63) is 62.6 Å². The highest BCUT2D eigenvalue weighted by Crippen LogP contribution is 2.32. The van der Waals surface area contributed by atoms with Crippen molar-refractivity contribution in [2.24, 2.45) is 64.9 Å². The number of rotatable bonds is 20. The Labute approximate surface area is 708 Å². The number of alkyl halides is 2. The number of hydrogen-bond acceptors (Lipinski definition) is 26. The molecule has 116 heavy (non-hydrogen) atoms. The van der Waals surface area contributed by atoms with Crippen molar-refractivity contribution >= 4 is 85.1 Å². The van der Waals surface area contributed by atoms with E-state index < -0.39 is 28.0 Å². The summed E-state index contributed by atoms with van der Waals surface area (Å²) in [6.45, 7) is 66.3. The first-order chi connectivity index (χ1) is 52.1. The molecular formula is C84H162F2N12O15S3. The van der Waals surface area contributed by atoms with Gasteiger partial charge in [0.1, 0.15) is 59.8 Å². The molecule has 0 aliphatic heterocycles. The van der Waals surface area contributed by atoms with Crippen LogP contribution in [0.3, 0.4) is 0 Å². The molecule has 6 rings (SSSR count). The monoisotopic (exact) mass is 1710 g/mol. The fourth-order valence-corrected chi connectivity index (χ4v) is 6.82. The van der Waals surface area contributed by atoms with Gasteiger partial charge in [-0.3, -0.25) is 43.2 Å². The summed E-state index contributed by atoms with van der Waals surface area (Å²) in [5.41, 5.74) is 7.57. The van der Waals surface area contributed by atoms with E-state index in [1.807, 2.05) is 138 Å². The number of nitrogens with one attached hydrogen (secondary N) is 1. The van der Waals surface area contributed by atoms with Crippen molar-refractivity contribution in [1.82, 2.24) is 56.2 Å². The fraction of sp³-hybridized carbons (Fsp3) is 0.762. The number of amides is 3. The molecule has 5 heterocycles. The van der Waals surface area contributed by atoms with Crippen molar-refractivity contribution in [3.8, 4) is 0 Å². The lowest BCUT2D eigenvalue weighted by molar-refractivity contribution is -0.144. The summed E-state index contributed by atoms with van der Waals surface area (Å²) in [5.74, 6) is 5.72. The Morgan fingerprint density at radius 2 is 1.05 bits per heavy atom. The first-order valence-corrected chi connectivity index (χ1v) is 42.7. The molecule has 32 heteroatoms. The third kappa shape index (κ3) is 86.0. The average molecular weight is 1710 g/mol. The van der Waals surface area contributed by atoms with Crippen LogP contribution in [0.25, 0.3) is 0 Å². The van der Waals surface area contributed by atoms with Crippen LogP contribution in [0.1, 0.15) is 343 Å². The number of carbonyl (C=O) groups excluding carboxylic acids is 9. The number of primary amides is 1. The minimum Gasteiger partial charge on any atom is -0.469 e. The predicted octanol–water partition coefficient (Wildman–Crippen LogP) is 19.9. The smallest absolute Gasteiger partial charge is 0.308 e. The van der Waals surface area contributed by atoms with E-state index in [0.717, 1.165) is 46.4 Å². The van der Waals surface area contributed by atoms with E-state index in [1.54, 1.807) is 116 Å². The molecule has 1 aliphatic rings. The van der Waals surface area contributed by atoms with Crippen LogP contribution in [-0.4, -0.2) is 158 Å². The first-order valence-electron chi connectivity index (χ1n) is 39.0. The van der Waals surface area contributed by atoms with E-state index in [4.69, 9.17) is 14.6 Å². The number of sulfone groups is 1. The zero-order chi connectivity index (χ0) is 91.8. The van der Waals surface area contributed by atoms with Crippen LogP contribution < -0.4 is 11.1 Å². The number of hydrogen-bond donors (Lipinski definition) is 2. The summed E-state index contributed by atoms with van der Waals surface area (Å²) in [4.78, 5) is 95.4. The zero-order valence-electron chi connectivity index (χ0n) is 77.3. The molecule has 3 amide bonds. The van der Waals surface area contributed by atoms with Crippen LogP contribution in [0.4, 0.5) is 8.78 Å². The summed E-state index contributed by atoms with van der Waals surface area (Å²) in [6.07, 6.45) is 6.08. The molecule has 680 valence electrons. The molecule has 0 aromatic carbocycles. The molecule has 1 aliphatic carbocycles. The second-order valence-electron chi connectivity index (χ2n) is 30.6. The third-order valence-electron chi connectivity index (χ3n) is 13.9. The Morgan fingerprint density at radius 1 is 0.595 bits per heavy atom. The Balaban J connectivity index is -0.000000113. The van der Waals surface area contributed by atoms with Crippen molar-refractivity contribution in [1.29, 1.82) is 0 Å². The molecule has 5 aromatic rings. The lowest BCUT2D eigenvalue weighted by Gasteiger charge is -2.11. The second-order valence-corrected chi connectivity index (χ2v) is 35.3. The van der Waals surface area contributed by atoms with Gasteiger partial charge in [-0.25, -0.2) is 17.2 Å². The van der Waals surface area contributed by atoms with E-state index in [9.17, 15) is 60.3 Å². The van der Waals surface area contributed by atoms with Gasteiger partial charge in [0.25, 0.3) is 6.43 Å². The molecule has 27 nitrogen and oxygen atoms in total. The number of carbonyl (C=O) groups is 9. The van der Waals surface area contributed by atoms with Crippen molar-refractivity contribution in [2.45, 2.75) is 331 Å². The summed E-state index contributed by atoms with van der Waals surface area (Å²) >= 11 is 3.28. The van der Waals surface area contributed by atoms with Gasteiger partial charge in [-0.15, -0.1) is 63.5 Å². The Bertz CT molecular complexity index is 3030. The van der Waals surface area contributed by atoms with E-state index in [2.05, 4.69) is 102 Å². The molecular weight excluding hydrogens is 1550 g/mol. The number of ether oxygens (including phenoxy) is 1. The van der Waals surface area contributed by atoms with E-state index in [1.165, 1.54) is 33.6 Å². The van der Waals surface area contributed by atoms with Gasteiger partial charge in [-0.05, 0) is 52.9 Å². The lowest BCUT2D eigenvalue weighted by Crippen LogP contribution is -2.26. The summed E-state index contributed by atoms with van der Waals surface area (Å²) < 4.78 is 62.3. The molecule has 3 N–H and O–H groups in total. The van der Waals surface area contributed by atoms with Crippen molar-refractivity contribution in [3.63, 3.8) is 0 Å². The quantitative estimate of drug-likeness (QED) is 0.0683. The SMILES string of the molecule is C.C.CC(=O)C(C)C.CC(C)C(=O)C(F)F.CC(C)C(=O)C1CC1.CC(C)C(=O)N(C)C.CC(C)C(N)=O.CC(C)S(C)(=O)=O.CC(C)c1ccon1.CC(C)c1nnco1.CC(C)c1nncs1.CCC(=O)C(C)C.CCCC(=O)C(C)C.CNC(=O)C(C)C.COC(=O)C(C)C.Cc1nnc(C(C)C)o1.Cc1nnc(C(C)C)s1. The van der Waals surface area contributed by atoms with Crippen LogP contribution in [-0.2, 0) is 57.7 Å². The number of nitrogens with two attached hydrogens (primary N) is 1. The zero-order valence-corrected chi connectivity index (χ0v) is 79.8. The topological polar surface area (TPSA) is 394 Å². The number of ketones is 5. The van der Waals surface area contributed by atoms with Crippen molar-refractivity contribution in [2.75, 3.05) is 34.5 Å². The van der Waals surface area contributed by atoms with Gasteiger partial charge in [0.05, 0.1) is 24.0 Å². The molecule has 0 saturated heterocycles. The largest absolute Gasteiger partial charge is 0.469 e. The normalized spacial score (nSPS) is 10.6. The first kappa shape index (κ1) is 132. The summed E-state index contributed by atoms with van der Waals surface area (Å²) in [7, 11) is 3.82. The number of aryl methyl sites for hydroxylation is 2. The van der Waals surface area contributed by atoms with E-state index >= 15 is 0 Å². The Morgan fingerprint density at radius 3 is 1.16 bits per heavy atom. The molecule has 0 radical (unpaired) electrons. The minimum absolute atomic E-state index is 0. The van der Waals surface area contributed by atoms with Gasteiger partial charge >= 0.3 is 5.97 Å². The maximum absolute atomic E-state index is 11.3. The van der Waals surface area contributed by atoms with Crippen LogP contribution >= 0.6 is 22.7 Å². The number of methoxy groups -OCH3 is 1. The molecule has 5 aromatic heterocycles. The van der Waals surface area contributed by atoms with Gasteiger partial charge in [0.2, 0.25) is 47.6 Å². The molecule has 0 spiro atoms. The lowest BCUT2D eigenvalue weighted by atomic mass is 10.1. The second kappa shape index (κ2) is 77.6. The van der Waals surface area contributed by atoms with Gasteiger partial charge in [-0.2, -0.15) is 0 Å². The summed E-state index contributed by atoms with van der Waals surface area (Å²) in [6, 6.07) is 1.88. The van der Waals surface area contributed by atoms with Crippen molar-refractivity contribution < 1.29 is 78.4 Å². The average Bonchev–Trinajstić information content (AvgIpc) is 1.74. The van der Waals surface area contributed by atoms with Crippen LogP contribution in [0.15, 0.2) is 37.6 Å². The molecule has 0 bridgehead atoms. The van der Waals surface area contributed by atoms with E-state index in [-0.39, 0.29) is 96.9 Å². The van der Waals surface area contributed by atoms with Gasteiger partial charge in [0, 0.05) is 130 Å². The molecule has 1 fully saturated rings. The maximum atomic E-state index is 11.3. The van der Waals surface area contributed by atoms with E-state index in [0.29, 0.717) is 77.0 Å². The van der Waals surface area contributed by atoms with Gasteiger partial charge < -0.3 is 34.0 Å².